The van der Waals surface area contributed by atoms with E-state index in [9.17, 15) is 9.59 Å². The molecule has 4 unspecified atom stereocenters. The van der Waals surface area contributed by atoms with E-state index in [0.717, 1.165) is 87.9 Å². The highest BCUT2D eigenvalue weighted by atomic mass is 16.8. The Bertz CT molecular complexity index is 1050. The predicted molar refractivity (Wildman–Crippen MR) is 157 cm³/mol. The number of carbonyl (C=O) groups excluding carboxylic acids is 2. The first-order valence-electron chi connectivity index (χ1n) is 18.4. The molecule has 13 rings (SSSR count). The second-order valence-corrected chi connectivity index (χ2v) is 18.7. The molecule has 0 amide bonds. The molecule has 4 atom stereocenters. The van der Waals surface area contributed by atoms with E-state index in [1.807, 2.05) is 0 Å². The topological polar surface area (TPSA) is 71.1 Å². The third-order valence-corrected chi connectivity index (χ3v) is 15.4. The number of esters is 1. The molecule has 1 saturated heterocycles. The highest BCUT2D eigenvalue weighted by molar-refractivity contribution is 5.86. The molecule has 12 bridgehead atoms. The Morgan fingerprint density at radius 1 is 0.628 bits per heavy atom. The Balaban J connectivity index is 0.875. The number of carbonyl (C=O) groups is 2. The van der Waals surface area contributed by atoms with Gasteiger partial charge in [-0.25, -0.2) is 0 Å². The van der Waals surface area contributed by atoms with Crippen molar-refractivity contribution < 1.29 is 28.5 Å². The minimum Gasteiger partial charge on any atom is -0.462 e. The molecule has 0 aromatic carbocycles. The van der Waals surface area contributed by atoms with Crippen LogP contribution < -0.4 is 0 Å². The van der Waals surface area contributed by atoms with Gasteiger partial charge in [0.1, 0.15) is 19.3 Å². The minimum atomic E-state index is -0.650. The van der Waals surface area contributed by atoms with Gasteiger partial charge in [0, 0.05) is 17.3 Å². The van der Waals surface area contributed by atoms with Crippen LogP contribution in [0.1, 0.15) is 116 Å². The summed E-state index contributed by atoms with van der Waals surface area (Å²) in [6.07, 6.45) is 18.9. The van der Waals surface area contributed by atoms with Crippen LogP contribution in [0.4, 0.5) is 0 Å². The van der Waals surface area contributed by atoms with Crippen LogP contribution in [0.5, 0.6) is 0 Å². The lowest BCUT2D eigenvalue weighted by Gasteiger charge is -2.62. The molecule has 43 heavy (non-hydrogen) atoms. The fourth-order valence-corrected chi connectivity index (χ4v) is 15.0. The van der Waals surface area contributed by atoms with Crippen LogP contribution in [-0.4, -0.2) is 43.1 Å². The second-order valence-electron chi connectivity index (χ2n) is 18.7. The molecule has 13 fully saturated rings. The smallest absolute Gasteiger partial charge is 0.312 e. The first kappa shape index (κ1) is 27.2. The average Bonchev–Trinajstić information content (AvgIpc) is 3.30. The molecule has 0 aromatic rings. The lowest BCUT2D eigenvalue weighted by atomic mass is 9.48. The Hall–Kier alpha value is -0.980. The molecule has 1 heterocycles. The van der Waals surface area contributed by atoms with Gasteiger partial charge in [-0.3, -0.25) is 9.59 Å². The van der Waals surface area contributed by atoms with Gasteiger partial charge >= 0.3 is 5.97 Å². The van der Waals surface area contributed by atoms with Crippen molar-refractivity contribution >= 4 is 11.8 Å². The standard InChI is InChI=1S/C37H52O6/c1-34-10-27-8-28(17-34)37(29(9-27)18-34)42-30(19-41-33(39)36-14-24-5-25(15-36)7-26(6-24)16-36)32(43-37)40-20-31(38)35-11-21-2-22(12-35)4-23(3-21)13-35/h21-30,32H,2-20H2,1H3. The maximum Gasteiger partial charge on any atom is 0.312 e. The van der Waals surface area contributed by atoms with Gasteiger partial charge in [0.25, 0.3) is 0 Å². The Labute approximate surface area is 257 Å². The molecule has 12 saturated carbocycles. The van der Waals surface area contributed by atoms with Crippen LogP contribution in [0.25, 0.3) is 0 Å². The maximum absolute atomic E-state index is 13.9. The molecule has 6 heteroatoms. The molecule has 0 radical (unpaired) electrons. The number of hydrogen-bond donors (Lipinski definition) is 0. The predicted octanol–water partition coefficient (Wildman–Crippen LogP) is 6.83. The minimum absolute atomic E-state index is 0.00265. The van der Waals surface area contributed by atoms with Gasteiger partial charge in [-0.2, -0.15) is 0 Å². The van der Waals surface area contributed by atoms with E-state index >= 15 is 0 Å². The van der Waals surface area contributed by atoms with Crippen molar-refractivity contribution in [2.75, 3.05) is 13.2 Å². The van der Waals surface area contributed by atoms with Crippen LogP contribution >= 0.6 is 0 Å². The lowest BCUT2D eigenvalue weighted by Crippen LogP contribution is -2.61. The zero-order valence-electron chi connectivity index (χ0n) is 26.2. The number of hydrogen-bond acceptors (Lipinski definition) is 6. The van der Waals surface area contributed by atoms with Gasteiger partial charge in [0.2, 0.25) is 0 Å². The zero-order chi connectivity index (χ0) is 28.8. The molecule has 1 aliphatic heterocycles. The first-order valence-corrected chi connectivity index (χ1v) is 18.4. The molecule has 236 valence electrons. The van der Waals surface area contributed by atoms with Crippen molar-refractivity contribution in [3.63, 3.8) is 0 Å². The van der Waals surface area contributed by atoms with E-state index in [-0.39, 0.29) is 35.8 Å². The van der Waals surface area contributed by atoms with Crippen molar-refractivity contribution in [1.29, 1.82) is 0 Å². The van der Waals surface area contributed by atoms with Crippen LogP contribution in [0.3, 0.4) is 0 Å². The summed E-state index contributed by atoms with van der Waals surface area (Å²) < 4.78 is 26.7. The summed E-state index contributed by atoms with van der Waals surface area (Å²) in [5.41, 5.74) is -0.0696. The van der Waals surface area contributed by atoms with Crippen molar-refractivity contribution in [2.24, 2.45) is 69.5 Å². The Kier molecular flexibility index (Phi) is 5.74. The Morgan fingerprint density at radius 3 is 1.63 bits per heavy atom. The van der Waals surface area contributed by atoms with Crippen molar-refractivity contribution in [1.82, 2.24) is 0 Å². The van der Waals surface area contributed by atoms with Gasteiger partial charge in [-0.1, -0.05) is 6.92 Å². The van der Waals surface area contributed by atoms with Crippen LogP contribution in [0, 0.1) is 69.5 Å². The maximum atomic E-state index is 13.9. The molecule has 0 aromatic heterocycles. The summed E-state index contributed by atoms with van der Waals surface area (Å²) in [5.74, 6) is 5.43. The van der Waals surface area contributed by atoms with E-state index in [1.165, 1.54) is 44.9 Å². The van der Waals surface area contributed by atoms with Gasteiger partial charge in [0.15, 0.2) is 17.9 Å². The number of ether oxygens (including phenoxy) is 4. The van der Waals surface area contributed by atoms with Crippen LogP contribution in [0.2, 0.25) is 0 Å². The summed E-state index contributed by atoms with van der Waals surface area (Å²) in [6.45, 7) is 2.74. The first-order chi connectivity index (χ1) is 20.7. The summed E-state index contributed by atoms with van der Waals surface area (Å²) >= 11 is 0. The van der Waals surface area contributed by atoms with Crippen LogP contribution in [-0.2, 0) is 28.5 Å². The van der Waals surface area contributed by atoms with Crippen molar-refractivity contribution in [3.8, 4) is 0 Å². The third kappa shape index (κ3) is 4.06. The summed E-state index contributed by atoms with van der Waals surface area (Å²) in [5, 5.41) is 0. The molecular weight excluding hydrogens is 540 g/mol. The fourth-order valence-electron chi connectivity index (χ4n) is 15.0. The fraction of sp³-hybridized carbons (Fsp3) is 0.946. The monoisotopic (exact) mass is 592 g/mol. The Morgan fingerprint density at radius 2 is 1.12 bits per heavy atom. The molecule has 12 aliphatic carbocycles. The zero-order valence-corrected chi connectivity index (χ0v) is 26.2. The highest BCUT2D eigenvalue weighted by Gasteiger charge is 2.67. The van der Waals surface area contributed by atoms with Gasteiger partial charge in [0.05, 0.1) is 5.41 Å². The molecular formula is C37H52O6. The number of ketones is 1. The van der Waals surface area contributed by atoms with Crippen molar-refractivity contribution in [3.05, 3.63) is 0 Å². The van der Waals surface area contributed by atoms with E-state index in [4.69, 9.17) is 18.9 Å². The number of Topliss-reactive ketones (excluding diaryl/α,β-unsaturated/α-hetero) is 1. The normalized spacial score (nSPS) is 58.1. The molecule has 6 nitrogen and oxygen atoms in total. The number of rotatable bonds is 7. The van der Waals surface area contributed by atoms with E-state index in [1.54, 1.807) is 0 Å². The van der Waals surface area contributed by atoms with Gasteiger partial charge in [-0.05, 0) is 156 Å². The van der Waals surface area contributed by atoms with E-state index in [0.29, 0.717) is 35.0 Å². The highest BCUT2D eigenvalue weighted by Crippen LogP contribution is 2.67. The van der Waals surface area contributed by atoms with Gasteiger partial charge < -0.3 is 18.9 Å². The summed E-state index contributed by atoms with van der Waals surface area (Å²) in [7, 11) is 0. The molecule has 1 spiro atoms. The summed E-state index contributed by atoms with van der Waals surface area (Å²) in [6, 6.07) is 0. The quantitative estimate of drug-likeness (QED) is 0.302. The van der Waals surface area contributed by atoms with Gasteiger partial charge in [-0.15, -0.1) is 0 Å². The molecule has 13 aliphatic rings. The second kappa shape index (κ2) is 9.09. The average molecular weight is 593 g/mol. The SMILES string of the molecule is CC12CC3CC(C1)C1(OC(COC(=O)C45CC6CC(CC(C6)C4)C5)C(OCC(=O)C45CC6CC(CC(C6)C4)C5)O1)C(C3)C2. The third-order valence-electron chi connectivity index (χ3n) is 15.4. The van der Waals surface area contributed by atoms with E-state index < -0.39 is 18.2 Å². The lowest BCUT2D eigenvalue weighted by molar-refractivity contribution is -0.323. The van der Waals surface area contributed by atoms with Crippen LogP contribution in [0.15, 0.2) is 0 Å². The largest absolute Gasteiger partial charge is 0.462 e. The molecule has 0 N–H and O–H groups in total. The summed E-state index contributed by atoms with van der Waals surface area (Å²) in [4.78, 5) is 27.8. The van der Waals surface area contributed by atoms with E-state index in [2.05, 4.69) is 6.92 Å². The van der Waals surface area contributed by atoms with Crippen molar-refractivity contribution in [2.45, 2.75) is 134 Å².